The summed E-state index contributed by atoms with van der Waals surface area (Å²) < 4.78 is 10.4. The lowest BCUT2D eigenvalue weighted by atomic mass is 10.0. The van der Waals surface area contributed by atoms with Crippen molar-refractivity contribution >= 4 is 12.0 Å². The van der Waals surface area contributed by atoms with E-state index in [1.807, 2.05) is 35.8 Å². The van der Waals surface area contributed by atoms with Gasteiger partial charge in [-0.2, -0.15) is 0 Å². The van der Waals surface area contributed by atoms with Crippen LogP contribution in [-0.4, -0.2) is 41.5 Å². The first-order chi connectivity index (χ1) is 14.0. The molecule has 0 heterocycles. The maximum absolute atomic E-state index is 11.7. The fourth-order valence-electron chi connectivity index (χ4n) is 2.50. The summed E-state index contributed by atoms with van der Waals surface area (Å²) in [5.41, 5.74) is 3.11. The number of amides is 2. The Balaban J connectivity index is 1.79. The number of carbonyl (C=O) groups is 2. The minimum atomic E-state index is -1.27. The quantitative estimate of drug-likeness (QED) is 0.224. The van der Waals surface area contributed by atoms with Crippen molar-refractivity contribution < 1.29 is 29.3 Å². The molecule has 6 N–H and O–H groups in total. The van der Waals surface area contributed by atoms with Crippen molar-refractivity contribution in [2.75, 3.05) is 13.2 Å². The van der Waals surface area contributed by atoms with Crippen LogP contribution >= 0.6 is 0 Å². The molecular weight excluding hydrogens is 378 g/mol. The predicted molar refractivity (Wildman–Crippen MR) is 104 cm³/mol. The molecule has 29 heavy (non-hydrogen) atoms. The van der Waals surface area contributed by atoms with Gasteiger partial charge in [0.15, 0.2) is 6.61 Å². The van der Waals surface area contributed by atoms with Gasteiger partial charge in [-0.05, 0) is 18.1 Å². The van der Waals surface area contributed by atoms with Crippen molar-refractivity contribution in [2.24, 2.45) is 5.84 Å². The smallest absolute Gasteiger partial charge is 0.407 e. The van der Waals surface area contributed by atoms with Crippen molar-refractivity contribution in [1.82, 2.24) is 10.7 Å². The van der Waals surface area contributed by atoms with Gasteiger partial charge in [-0.25, -0.2) is 10.6 Å². The summed E-state index contributed by atoms with van der Waals surface area (Å²) in [7, 11) is 0. The van der Waals surface area contributed by atoms with Crippen molar-refractivity contribution in [1.29, 1.82) is 0 Å². The molecule has 0 radical (unpaired) electrons. The van der Waals surface area contributed by atoms with Crippen LogP contribution in [0.1, 0.15) is 23.7 Å². The minimum absolute atomic E-state index is 0.0826. The third-order valence-corrected chi connectivity index (χ3v) is 4.04. The van der Waals surface area contributed by atoms with E-state index in [1.165, 1.54) is 0 Å². The third kappa shape index (κ3) is 7.41. The van der Waals surface area contributed by atoms with E-state index < -0.39 is 24.2 Å². The van der Waals surface area contributed by atoms with Gasteiger partial charge in [-0.1, -0.05) is 48.5 Å². The molecule has 2 aromatic carbocycles. The first-order valence-corrected chi connectivity index (χ1v) is 9.03. The second-order valence-electron chi connectivity index (χ2n) is 6.18. The summed E-state index contributed by atoms with van der Waals surface area (Å²) in [6.07, 6.45) is -2.97. The molecule has 0 aliphatic rings. The lowest BCUT2D eigenvalue weighted by molar-refractivity contribution is -0.123. The van der Waals surface area contributed by atoms with Crippen molar-refractivity contribution in [3.05, 3.63) is 65.7 Å². The molecule has 0 aliphatic heterocycles. The predicted octanol–water partition coefficient (Wildman–Crippen LogP) is 0.766. The molecule has 156 valence electrons. The first kappa shape index (κ1) is 22.2. The summed E-state index contributed by atoms with van der Waals surface area (Å²) in [5.74, 6) is 4.72. The largest absolute Gasteiger partial charge is 0.483 e. The molecule has 0 fully saturated rings. The molecule has 9 nitrogen and oxygen atoms in total. The maximum Gasteiger partial charge on any atom is 0.407 e. The number of benzene rings is 2. The highest BCUT2D eigenvalue weighted by Gasteiger charge is 2.22. The zero-order valence-corrected chi connectivity index (χ0v) is 15.8. The van der Waals surface area contributed by atoms with Gasteiger partial charge >= 0.3 is 6.09 Å². The van der Waals surface area contributed by atoms with Crippen LogP contribution in [0.2, 0.25) is 0 Å². The van der Waals surface area contributed by atoms with Crippen molar-refractivity contribution in [3.8, 4) is 5.75 Å². The van der Waals surface area contributed by atoms with Crippen LogP contribution in [0.5, 0.6) is 5.75 Å². The number of para-hydroxylation sites is 1. The molecule has 0 aromatic heterocycles. The Bertz CT molecular complexity index is 787. The van der Waals surface area contributed by atoms with Crippen LogP contribution in [0.15, 0.2) is 54.6 Å². The third-order valence-electron chi connectivity index (χ3n) is 4.04. The van der Waals surface area contributed by atoms with E-state index >= 15 is 0 Å². The van der Waals surface area contributed by atoms with Gasteiger partial charge in [0.1, 0.15) is 18.5 Å². The summed E-state index contributed by atoms with van der Waals surface area (Å²) in [5, 5.41) is 23.2. The first-order valence-electron chi connectivity index (χ1n) is 9.03. The number of nitrogens with one attached hydrogen (secondary N) is 2. The van der Waals surface area contributed by atoms with E-state index in [-0.39, 0.29) is 31.9 Å². The number of nitrogens with two attached hydrogens (primary N) is 1. The molecule has 0 aliphatic carbocycles. The monoisotopic (exact) mass is 403 g/mol. The Hall–Kier alpha value is -3.14. The van der Waals surface area contributed by atoms with Gasteiger partial charge in [0.2, 0.25) is 0 Å². The molecule has 0 saturated heterocycles. The Morgan fingerprint density at radius 3 is 2.45 bits per heavy atom. The van der Waals surface area contributed by atoms with Gasteiger partial charge in [0.05, 0.1) is 6.10 Å². The lowest BCUT2D eigenvalue weighted by Gasteiger charge is -2.21. The van der Waals surface area contributed by atoms with Gasteiger partial charge in [0, 0.05) is 12.1 Å². The van der Waals surface area contributed by atoms with Crippen LogP contribution in [-0.2, 0) is 16.1 Å². The number of aliphatic hydroxyl groups excluding tert-OH is 2. The molecule has 0 saturated carbocycles. The topological polar surface area (TPSA) is 143 Å². The van der Waals surface area contributed by atoms with Gasteiger partial charge < -0.3 is 25.0 Å². The number of alkyl carbamates (subject to hydrolysis) is 1. The molecular formula is C20H25N3O6. The van der Waals surface area contributed by atoms with E-state index in [2.05, 4.69) is 5.32 Å². The summed E-state index contributed by atoms with van der Waals surface area (Å²) >= 11 is 0. The van der Waals surface area contributed by atoms with Crippen molar-refractivity contribution in [2.45, 2.75) is 25.2 Å². The number of hydrazine groups is 1. The highest BCUT2D eigenvalue weighted by Crippen LogP contribution is 2.28. The lowest BCUT2D eigenvalue weighted by Crippen LogP contribution is -2.34. The molecule has 0 bridgehead atoms. The van der Waals surface area contributed by atoms with Crippen LogP contribution in [0.3, 0.4) is 0 Å². The second kappa shape index (κ2) is 11.6. The minimum Gasteiger partial charge on any atom is -0.483 e. The molecule has 2 rings (SSSR count). The fraction of sp³-hybridized carbons (Fsp3) is 0.300. The van der Waals surface area contributed by atoms with Crippen LogP contribution in [0.4, 0.5) is 4.79 Å². The Kier molecular flexibility index (Phi) is 8.90. The van der Waals surface area contributed by atoms with E-state index in [4.69, 9.17) is 15.3 Å². The Morgan fingerprint density at radius 2 is 1.72 bits per heavy atom. The SMILES string of the molecule is NNC(=O)COc1ccccc1C(O)C(O)CCNC(=O)OCc1ccccc1. The summed E-state index contributed by atoms with van der Waals surface area (Å²) in [6, 6.07) is 15.7. The average molecular weight is 403 g/mol. The molecule has 0 spiro atoms. The van der Waals surface area contributed by atoms with E-state index in [0.717, 1.165) is 5.56 Å². The number of hydrogen-bond donors (Lipinski definition) is 5. The molecule has 2 unspecified atom stereocenters. The Morgan fingerprint density at radius 1 is 1.03 bits per heavy atom. The van der Waals surface area contributed by atoms with E-state index in [0.29, 0.717) is 5.56 Å². The number of carbonyl (C=O) groups excluding carboxylic acids is 2. The summed E-state index contributed by atoms with van der Waals surface area (Å²) in [6.45, 7) is -0.0888. The molecule has 2 aromatic rings. The van der Waals surface area contributed by atoms with Gasteiger partial charge in [-0.15, -0.1) is 0 Å². The number of hydrogen-bond acceptors (Lipinski definition) is 7. The Labute approximate surface area is 168 Å². The number of aliphatic hydroxyl groups is 2. The van der Waals surface area contributed by atoms with Crippen LogP contribution in [0, 0.1) is 0 Å². The second-order valence-corrected chi connectivity index (χ2v) is 6.18. The standard InChI is InChI=1S/C20H25N3O6/c21-23-18(25)13-28-17-9-5-4-8-15(17)19(26)16(24)10-11-22-20(27)29-12-14-6-2-1-3-7-14/h1-9,16,19,24,26H,10-13,21H2,(H,22,27)(H,23,25). The van der Waals surface area contributed by atoms with E-state index in [9.17, 15) is 19.8 Å². The molecule has 9 heteroatoms. The zero-order valence-electron chi connectivity index (χ0n) is 15.8. The fourth-order valence-corrected chi connectivity index (χ4v) is 2.50. The number of ether oxygens (including phenoxy) is 2. The van der Waals surface area contributed by atoms with Crippen LogP contribution < -0.4 is 21.3 Å². The normalized spacial score (nSPS) is 12.5. The van der Waals surface area contributed by atoms with Gasteiger partial charge in [0.25, 0.3) is 5.91 Å². The highest BCUT2D eigenvalue weighted by molar-refractivity contribution is 5.76. The average Bonchev–Trinajstić information content (AvgIpc) is 2.76. The van der Waals surface area contributed by atoms with E-state index in [1.54, 1.807) is 24.3 Å². The van der Waals surface area contributed by atoms with Crippen LogP contribution in [0.25, 0.3) is 0 Å². The summed E-state index contributed by atoms with van der Waals surface area (Å²) in [4.78, 5) is 22.9. The molecule has 2 amide bonds. The van der Waals surface area contributed by atoms with Gasteiger partial charge in [-0.3, -0.25) is 10.2 Å². The zero-order chi connectivity index (χ0) is 21.1. The van der Waals surface area contributed by atoms with Crippen molar-refractivity contribution in [3.63, 3.8) is 0 Å². The molecule has 2 atom stereocenters. The maximum atomic E-state index is 11.7. The highest BCUT2D eigenvalue weighted by atomic mass is 16.5. The number of rotatable bonds is 10.